The maximum Gasteiger partial charge on any atom is 0.256 e. The second-order valence-electron chi connectivity index (χ2n) is 3.95. The van der Waals surface area contributed by atoms with Gasteiger partial charge in [0.15, 0.2) is 0 Å². The molecular weight excluding hydrogens is 344 g/mol. The van der Waals surface area contributed by atoms with E-state index in [2.05, 4.69) is 27.9 Å². The maximum absolute atomic E-state index is 13.0. The zero-order chi connectivity index (χ0) is 13.1. The number of rotatable bonds is 2. The highest BCUT2D eigenvalue weighted by Gasteiger charge is 2.10. The van der Waals surface area contributed by atoms with Crippen LogP contribution >= 0.6 is 22.6 Å². The van der Waals surface area contributed by atoms with E-state index in [1.165, 1.54) is 12.1 Å². The largest absolute Gasteiger partial charge is 0.322 e. The molecule has 0 heterocycles. The highest BCUT2D eigenvalue weighted by molar-refractivity contribution is 14.1. The second-order valence-corrected chi connectivity index (χ2v) is 5.11. The molecule has 0 aliphatic heterocycles. The van der Waals surface area contributed by atoms with Crippen LogP contribution in [-0.2, 0) is 0 Å². The normalized spacial score (nSPS) is 10.2. The number of halogens is 2. The summed E-state index contributed by atoms with van der Waals surface area (Å²) in [5.41, 5.74) is 2.14. The summed E-state index contributed by atoms with van der Waals surface area (Å²) in [6.07, 6.45) is 0. The van der Waals surface area contributed by atoms with Gasteiger partial charge in [-0.25, -0.2) is 4.39 Å². The Balaban J connectivity index is 2.22. The minimum Gasteiger partial charge on any atom is -0.322 e. The SMILES string of the molecule is Cc1ccc(C(=O)Nc2cccc(F)c2)c(I)c1. The number of nitrogens with one attached hydrogen (secondary N) is 1. The Labute approximate surface area is 118 Å². The van der Waals surface area contributed by atoms with Crippen LogP contribution in [0.15, 0.2) is 42.5 Å². The monoisotopic (exact) mass is 355 g/mol. The van der Waals surface area contributed by atoms with Crippen LogP contribution < -0.4 is 5.32 Å². The van der Waals surface area contributed by atoms with Gasteiger partial charge in [-0.15, -0.1) is 0 Å². The third-order valence-corrected chi connectivity index (χ3v) is 3.34. The summed E-state index contributed by atoms with van der Waals surface area (Å²) in [5.74, 6) is -0.601. The summed E-state index contributed by atoms with van der Waals surface area (Å²) in [5, 5.41) is 2.68. The molecule has 18 heavy (non-hydrogen) atoms. The summed E-state index contributed by atoms with van der Waals surface area (Å²) in [4.78, 5) is 12.0. The van der Waals surface area contributed by atoms with Crippen molar-refractivity contribution in [3.8, 4) is 0 Å². The van der Waals surface area contributed by atoms with Crippen LogP contribution in [0.25, 0.3) is 0 Å². The fourth-order valence-corrected chi connectivity index (χ4v) is 2.48. The Morgan fingerprint density at radius 2 is 2.00 bits per heavy atom. The van der Waals surface area contributed by atoms with Gasteiger partial charge < -0.3 is 5.32 Å². The van der Waals surface area contributed by atoms with Crippen LogP contribution in [0.4, 0.5) is 10.1 Å². The zero-order valence-electron chi connectivity index (χ0n) is 9.71. The molecule has 0 saturated carbocycles. The van der Waals surface area contributed by atoms with E-state index in [1.807, 2.05) is 19.1 Å². The number of carbonyl (C=O) groups is 1. The number of amides is 1. The zero-order valence-corrected chi connectivity index (χ0v) is 11.9. The molecule has 0 unspecified atom stereocenters. The fraction of sp³-hybridized carbons (Fsp3) is 0.0714. The van der Waals surface area contributed by atoms with Crippen molar-refractivity contribution in [2.45, 2.75) is 6.92 Å². The van der Waals surface area contributed by atoms with Gasteiger partial charge in [-0.05, 0) is 59.8 Å². The van der Waals surface area contributed by atoms with Gasteiger partial charge in [0.25, 0.3) is 5.91 Å². The summed E-state index contributed by atoms with van der Waals surface area (Å²) >= 11 is 2.12. The first-order chi connectivity index (χ1) is 8.56. The summed E-state index contributed by atoms with van der Waals surface area (Å²) < 4.78 is 13.9. The Bertz CT molecular complexity index is 598. The minimum absolute atomic E-state index is 0.231. The van der Waals surface area contributed by atoms with Crippen molar-refractivity contribution in [1.29, 1.82) is 0 Å². The average Bonchev–Trinajstić information content (AvgIpc) is 2.28. The first-order valence-electron chi connectivity index (χ1n) is 5.39. The molecule has 0 aliphatic rings. The van der Waals surface area contributed by atoms with Gasteiger partial charge in [0, 0.05) is 9.26 Å². The number of aryl methyl sites for hydroxylation is 1. The lowest BCUT2D eigenvalue weighted by atomic mass is 10.1. The standard InChI is InChI=1S/C14H11FINO/c1-9-5-6-12(13(16)7-9)14(18)17-11-4-2-3-10(15)8-11/h2-8H,1H3,(H,17,18). The van der Waals surface area contributed by atoms with Crippen LogP contribution in [0.1, 0.15) is 15.9 Å². The second kappa shape index (κ2) is 5.48. The lowest BCUT2D eigenvalue weighted by Crippen LogP contribution is -2.13. The number of carbonyl (C=O) groups excluding carboxylic acids is 1. The van der Waals surface area contributed by atoms with Crippen molar-refractivity contribution in [2.24, 2.45) is 0 Å². The van der Waals surface area contributed by atoms with Crippen LogP contribution in [0.2, 0.25) is 0 Å². The van der Waals surface area contributed by atoms with Crippen molar-refractivity contribution in [3.63, 3.8) is 0 Å². The molecule has 0 aliphatic carbocycles. The first kappa shape index (κ1) is 13.0. The van der Waals surface area contributed by atoms with E-state index in [-0.39, 0.29) is 11.7 Å². The van der Waals surface area contributed by atoms with Crippen molar-refractivity contribution in [3.05, 3.63) is 63.0 Å². The van der Waals surface area contributed by atoms with Crippen LogP contribution in [0.3, 0.4) is 0 Å². The van der Waals surface area contributed by atoms with E-state index in [0.717, 1.165) is 9.13 Å². The average molecular weight is 355 g/mol. The summed E-state index contributed by atoms with van der Waals surface area (Å²) in [7, 11) is 0. The highest BCUT2D eigenvalue weighted by Crippen LogP contribution is 2.17. The van der Waals surface area contributed by atoms with E-state index >= 15 is 0 Å². The van der Waals surface area contributed by atoms with E-state index in [0.29, 0.717) is 11.3 Å². The predicted molar refractivity (Wildman–Crippen MR) is 78.2 cm³/mol. The molecule has 2 nitrogen and oxygen atoms in total. The molecule has 0 fully saturated rings. The minimum atomic E-state index is -0.369. The van der Waals surface area contributed by atoms with Gasteiger partial charge in [0.2, 0.25) is 0 Å². The Morgan fingerprint density at radius 3 is 2.67 bits per heavy atom. The third kappa shape index (κ3) is 3.07. The Hall–Kier alpha value is -1.43. The van der Waals surface area contributed by atoms with Gasteiger partial charge in [0.05, 0.1) is 5.56 Å². The molecule has 2 aromatic rings. The molecule has 0 radical (unpaired) electrons. The smallest absolute Gasteiger partial charge is 0.256 e. The molecule has 92 valence electrons. The van der Waals surface area contributed by atoms with Gasteiger partial charge in [-0.2, -0.15) is 0 Å². The molecule has 0 aromatic heterocycles. The van der Waals surface area contributed by atoms with Crippen LogP contribution in [0, 0.1) is 16.3 Å². The highest BCUT2D eigenvalue weighted by atomic mass is 127. The lowest BCUT2D eigenvalue weighted by molar-refractivity contribution is 0.102. The molecule has 0 saturated heterocycles. The van der Waals surface area contributed by atoms with E-state index in [9.17, 15) is 9.18 Å². The van der Waals surface area contributed by atoms with Crippen LogP contribution in [0.5, 0.6) is 0 Å². The molecule has 2 rings (SSSR count). The molecule has 0 bridgehead atoms. The third-order valence-electron chi connectivity index (χ3n) is 2.45. The molecule has 0 spiro atoms. The predicted octanol–water partition coefficient (Wildman–Crippen LogP) is 3.99. The molecule has 0 atom stereocenters. The molecule has 4 heteroatoms. The van der Waals surface area contributed by atoms with Crippen molar-refractivity contribution in [2.75, 3.05) is 5.32 Å². The lowest BCUT2D eigenvalue weighted by Gasteiger charge is -2.07. The van der Waals surface area contributed by atoms with E-state index in [1.54, 1.807) is 18.2 Å². The van der Waals surface area contributed by atoms with E-state index < -0.39 is 0 Å². The molecule has 1 amide bonds. The summed E-state index contributed by atoms with van der Waals surface area (Å²) in [6.45, 7) is 1.97. The molecule has 1 N–H and O–H groups in total. The first-order valence-corrected chi connectivity index (χ1v) is 6.47. The number of hydrogen-bond acceptors (Lipinski definition) is 1. The van der Waals surface area contributed by atoms with Crippen molar-refractivity contribution >= 4 is 34.2 Å². The molecule has 2 aromatic carbocycles. The number of anilines is 1. The van der Waals surface area contributed by atoms with E-state index in [4.69, 9.17) is 0 Å². The number of hydrogen-bond donors (Lipinski definition) is 1. The quantitative estimate of drug-likeness (QED) is 0.811. The Kier molecular flexibility index (Phi) is 3.96. The van der Waals surface area contributed by atoms with Crippen LogP contribution in [-0.4, -0.2) is 5.91 Å². The Morgan fingerprint density at radius 1 is 1.22 bits per heavy atom. The van der Waals surface area contributed by atoms with Crippen molar-refractivity contribution < 1.29 is 9.18 Å². The number of benzene rings is 2. The maximum atomic E-state index is 13.0. The summed E-state index contributed by atoms with van der Waals surface area (Å²) in [6, 6.07) is 11.4. The van der Waals surface area contributed by atoms with Gasteiger partial charge in [-0.1, -0.05) is 17.7 Å². The van der Waals surface area contributed by atoms with Gasteiger partial charge >= 0.3 is 0 Å². The van der Waals surface area contributed by atoms with Gasteiger partial charge in [-0.3, -0.25) is 4.79 Å². The van der Waals surface area contributed by atoms with Crippen molar-refractivity contribution in [1.82, 2.24) is 0 Å². The topological polar surface area (TPSA) is 29.1 Å². The fourth-order valence-electron chi connectivity index (χ4n) is 1.57. The molecular formula is C14H11FINO. The van der Waals surface area contributed by atoms with Gasteiger partial charge in [0.1, 0.15) is 5.82 Å².